The highest BCUT2D eigenvalue weighted by Gasteiger charge is 2.33. The van der Waals surface area contributed by atoms with Gasteiger partial charge in [-0.15, -0.1) is 0 Å². The van der Waals surface area contributed by atoms with Crippen LogP contribution in [0.3, 0.4) is 0 Å². The van der Waals surface area contributed by atoms with Crippen LogP contribution in [0.2, 0.25) is 0 Å². The van der Waals surface area contributed by atoms with E-state index in [9.17, 15) is 22.0 Å². The van der Waals surface area contributed by atoms with Crippen LogP contribution in [0, 0.1) is 13.8 Å². The zero-order valence-electron chi connectivity index (χ0n) is 12.2. The first kappa shape index (κ1) is 15.6. The highest BCUT2D eigenvalue weighted by atomic mass is 19.4. The Morgan fingerprint density at radius 3 is 2.43 bits per heavy atom. The van der Waals surface area contributed by atoms with Crippen LogP contribution in [-0.2, 0) is 12.7 Å². The van der Waals surface area contributed by atoms with E-state index in [0.29, 0.717) is 21.4 Å². The van der Waals surface area contributed by atoms with Crippen LogP contribution < -0.4 is 0 Å². The third kappa shape index (κ3) is 2.51. The summed E-state index contributed by atoms with van der Waals surface area (Å²) in [5, 5.41) is 3.74. The summed E-state index contributed by atoms with van der Waals surface area (Å²) in [7, 11) is 0. The van der Waals surface area contributed by atoms with Crippen molar-refractivity contribution in [3.8, 4) is 11.1 Å². The lowest BCUT2D eigenvalue weighted by atomic mass is 9.93. The summed E-state index contributed by atoms with van der Waals surface area (Å²) in [4.78, 5) is 3.99. The summed E-state index contributed by atoms with van der Waals surface area (Å²) in [6, 6.07) is 2.02. The van der Waals surface area contributed by atoms with E-state index >= 15 is 0 Å². The molecule has 3 nitrogen and oxygen atoms in total. The van der Waals surface area contributed by atoms with E-state index in [4.69, 9.17) is 0 Å². The van der Waals surface area contributed by atoms with Gasteiger partial charge in [-0.3, -0.25) is 4.99 Å². The Morgan fingerprint density at radius 1 is 1.17 bits per heavy atom. The average Bonchev–Trinajstić information content (AvgIpc) is 3.01. The summed E-state index contributed by atoms with van der Waals surface area (Å²) in [6.45, 7) is 0.211. The van der Waals surface area contributed by atoms with Crippen molar-refractivity contribution in [3.05, 3.63) is 40.2 Å². The van der Waals surface area contributed by atoms with E-state index in [1.54, 1.807) is 0 Å². The highest BCUT2D eigenvalue weighted by molar-refractivity contribution is 5.95. The van der Waals surface area contributed by atoms with Crippen LogP contribution in [0.15, 0.2) is 17.1 Å². The Balaban J connectivity index is 2.29. The van der Waals surface area contributed by atoms with Gasteiger partial charge < -0.3 is 0 Å². The Morgan fingerprint density at radius 2 is 1.87 bits per heavy atom. The quantitative estimate of drug-likeness (QED) is 0.746. The molecule has 0 atom stereocenters. The molecule has 2 aromatic rings. The van der Waals surface area contributed by atoms with Crippen LogP contribution in [0.4, 0.5) is 22.0 Å². The minimum atomic E-state index is -4.52. The monoisotopic (exact) mass is 329 g/mol. The molecular weight excluding hydrogens is 317 g/mol. The van der Waals surface area contributed by atoms with Gasteiger partial charge in [-0.25, -0.2) is 4.68 Å². The van der Waals surface area contributed by atoms with Crippen LogP contribution in [0.5, 0.6) is 0 Å². The smallest absolute Gasteiger partial charge is 0.288 e. The number of aliphatic imine (C=N–C) groups is 1. The second-order valence-electron chi connectivity index (χ2n) is 5.33. The molecule has 1 aliphatic heterocycles. The van der Waals surface area contributed by atoms with Gasteiger partial charge >= 0.3 is 12.7 Å². The summed E-state index contributed by atoms with van der Waals surface area (Å²) in [6.07, 6.45) is -3.05. The van der Waals surface area contributed by atoms with Gasteiger partial charge in [0.1, 0.15) is 0 Å². The number of fused-ring (bicyclic) bond motifs is 1. The number of rotatable bonds is 2. The molecule has 0 saturated heterocycles. The predicted molar refractivity (Wildman–Crippen MR) is 74.7 cm³/mol. The zero-order valence-corrected chi connectivity index (χ0v) is 12.2. The van der Waals surface area contributed by atoms with Crippen molar-refractivity contribution >= 4 is 6.21 Å². The molecule has 1 aromatic heterocycles. The minimum Gasteiger partial charge on any atom is -0.288 e. The molecule has 0 aliphatic carbocycles. The second kappa shape index (κ2) is 5.14. The number of hydrogen-bond donors (Lipinski definition) is 0. The number of aromatic nitrogens is 2. The van der Waals surface area contributed by atoms with Gasteiger partial charge in [0, 0.05) is 23.0 Å². The summed E-state index contributed by atoms with van der Waals surface area (Å²) < 4.78 is 65.8. The highest BCUT2D eigenvalue weighted by Crippen LogP contribution is 2.39. The molecule has 1 aliphatic rings. The van der Waals surface area contributed by atoms with Crippen LogP contribution in [0.25, 0.3) is 11.1 Å². The molecule has 1 aromatic carbocycles. The topological polar surface area (TPSA) is 30.2 Å². The molecule has 0 bridgehead atoms. The average molecular weight is 329 g/mol. The fourth-order valence-electron chi connectivity index (χ4n) is 2.85. The van der Waals surface area contributed by atoms with Gasteiger partial charge in [-0.2, -0.15) is 27.1 Å². The second-order valence-corrected chi connectivity index (χ2v) is 5.33. The first-order chi connectivity index (χ1) is 10.7. The van der Waals surface area contributed by atoms with Gasteiger partial charge in [0.05, 0.1) is 17.8 Å². The molecule has 0 N–H and O–H groups in total. The Hall–Kier alpha value is -2.25. The van der Waals surface area contributed by atoms with Crippen LogP contribution in [-0.4, -0.2) is 16.0 Å². The van der Waals surface area contributed by atoms with E-state index in [1.165, 1.54) is 20.1 Å². The van der Waals surface area contributed by atoms with Crippen molar-refractivity contribution in [1.29, 1.82) is 0 Å². The summed E-state index contributed by atoms with van der Waals surface area (Å²) >= 11 is 0. The Bertz CT molecular complexity index is 802. The third-order valence-electron chi connectivity index (χ3n) is 3.85. The fraction of sp³-hybridized carbons (Fsp3) is 0.333. The van der Waals surface area contributed by atoms with Crippen molar-refractivity contribution in [2.75, 3.05) is 0 Å². The van der Waals surface area contributed by atoms with E-state index < -0.39 is 18.3 Å². The molecule has 0 unspecified atom stereocenters. The van der Waals surface area contributed by atoms with Crippen molar-refractivity contribution < 1.29 is 22.0 Å². The predicted octanol–water partition coefficient (Wildman–Crippen LogP) is 4.51. The first-order valence-electron chi connectivity index (χ1n) is 6.78. The molecule has 0 saturated carbocycles. The van der Waals surface area contributed by atoms with Gasteiger partial charge in [-0.05, 0) is 37.1 Å². The van der Waals surface area contributed by atoms with E-state index in [-0.39, 0.29) is 23.5 Å². The maximum absolute atomic E-state index is 13.1. The summed E-state index contributed by atoms with van der Waals surface area (Å²) in [5.74, 6) is 0. The van der Waals surface area contributed by atoms with Crippen molar-refractivity contribution in [2.45, 2.75) is 33.1 Å². The number of aryl methyl sites for hydroxylation is 1. The van der Waals surface area contributed by atoms with Crippen molar-refractivity contribution in [1.82, 2.24) is 9.78 Å². The molecule has 8 heteroatoms. The van der Waals surface area contributed by atoms with Crippen LogP contribution >= 0.6 is 0 Å². The third-order valence-corrected chi connectivity index (χ3v) is 3.85. The molecule has 3 rings (SSSR count). The molecule has 0 amide bonds. The van der Waals surface area contributed by atoms with Gasteiger partial charge in [0.2, 0.25) is 0 Å². The first-order valence-corrected chi connectivity index (χ1v) is 6.78. The molecule has 0 spiro atoms. The zero-order chi connectivity index (χ0) is 16.9. The molecule has 0 fully saturated rings. The van der Waals surface area contributed by atoms with E-state index in [1.807, 2.05) is 0 Å². The molecular formula is C15H12F5N3. The maximum Gasteiger partial charge on any atom is 0.416 e. The number of halogens is 5. The molecule has 0 radical (unpaired) electrons. The van der Waals surface area contributed by atoms with E-state index in [2.05, 4.69) is 10.1 Å². The Labute approximate surface area is 128 Å². The van der Waals surface area contributed by atoms with Crippen molar-refractivity contribution in [3.63, 3.8) is 0 Å². The van der Waals surface area contributed by atoms with E-state index in [0.717, 1.165) is 12.1 Å². The fourth-order valence-corrected chi connectivity index (χ4v) is 2.85. The SMILES string of the molecule is Cc1nn(C(F)F)c(C)c1-c1cc(C(F)(F)F)cc2c1C=NC2. The van der Waals surface area contributed by atoms with Gasteiger partial charge in [-0.1, -0.05) is 0 Å². The maximum atomic E-state index is 13.1. The normalized spacial score (nSPS) is 13.9. The lowest BCUT2D eigenvalue weighted by molar-refractivity contribution is -0.137. The van der Waals surface area contributed by atoms with Crippen molar-refractivity contribution in [2.24, 2.45) is 4.99 Å². The minimum absolute atomic E-state index is 0.124. The number of alkyl halides is 5. The lowest BCUT2D eigenvalue weighted by Gasteiger charge is -2.14. The van der Waals surface area contributed by atoms with Gasteiger partial charge in [0.25, 0.3) is 0 Å². The summed E-state index contributed by atoms with van der Waals surface area (Å²) in [5.41, 5.74) is 1.04. The number of nitrogens with zero attached hydrogens (tertiary/aromatic N) is 3. The lowest BCUT2D eigenvalue weighted by Crippen LogP contribution is -2.07. The largest absolute Gasteiger partial charge is 0.416 e. The molecule has 23 heavy (non-hydrogen) atoms. The van der Waals surface area contributed by atoms with Gasteiger partial charge in [0.15, 0.2) is 0 Å². The number of benzene rings is 1. The Kier molecular flexibility index (Phi) is 3.50. The molecule has 2 heterocycles. The standard InChI is InChI=1S/C15H12F5N3/c1-7-13(8(2)23(22-7)14(16)17)11-4-10(15(18,19)20)3-9-5-21-6-12(9)11/h3-4,6,14H,5H2,1-2H3. The number of hydrogen-bond acceptors (Lipinski definition) is 2. The molecule has 122 valence electrons. The van der Waals surface area contributed by atoms with Crippen LogP contribution in [0.1, 0.15) is 34.6 Å².